The minimum absolute atomic E-state index is 0.0408. The Morgan fingerprint density at radius 1 is 1.07 bits per heavy atom. The third kappa shape index (κ3) is 5.99. The molecule has 27 heavy (non-hydrogen) atoms. The molecule has 6 nitrogen and oxygen atoms in total. The van der Waals surface area contributed by atoms with Crippen molar-refractivity contribution < 1.29 is 17.9 Å². The van der Waals surface area contributed by atoms with Crippen molar-refractivity contribution in [3.63, 3.8) is 0 Å². The van der Waals surface area contributed by atoms with Gasteiger partial charge >= 0.3 is 0 Å². The second-order valence-electron chi connectivity index (χ2n) is 6.30. The summed E-state index contributed by atoms with van der Waals surface area (Å²) in [4.78, 5) is 11.4. The molecule has 1 amide bonds. The molecule has 7 heteroatoms. The number of nitrogens with one attached hydrogen (secondary N) is 2. The number of methoxy groups -OCH3 is 1. The third-order valence-corrected chi connectivity index (χ3v) is 5.45. The van der Waals surface area contributed by atoms with Gasteiger partial charge in [-0.05, 0) is 48.7 Å². The summed E-state index contributed by atoms with van der Waals surface area (Å²) in [5, 5.41) is 2.58. The number of hydrogen-bond donors (Lipinski definition) is 2. The van der Waals surface area contributed by atoms with Crippen LogP contribution in [0.15, 0.2) is 47.4 Å². The zero-order chi connectivity index (χ0) is 19.9. The minimum atomic E-state index is -3.79. The topological polar surface area (TPSA) is 84.5 Å². The van der Waals surface area contributed by atoms with Crippen molar-refractivity contribution >= 4 is 27.3 Å². The minimum Gasteiger partial charge on any atom is -0.495 e. The number of amides is 1. The monoisotopic (exact) mass is 390 g/mol. The molecule has 2 aromatic carbocycles. The number of carbonyl (C=O) groups is 1. The lowest BCUT2D eigenvalue weighted by atomic mass is 10.1. The van der Waals surface area contributed by atoms with Gasteiger partial charge in [-0.15, -0.1) is 0 Å². The number of anilines is 2. The van der Waals surface area contributed by atoms with Gasteiger partial charge in [0.1, 0.15) is 5.75 Å². The molecule has 2 rings (SSSR count). The van der Waals surface area contributed by atoms with Crippen molar-refractivity contribution in [2.45, 2.75) is 44.4 Å². The highest BCUT2D eigenvalue weighted by molar-refractivity contribution is 7.92. The molecule has 0 fully saturated rings. The van der Waals surface area contributed by atoms with E-state index in [1.807, 2.05) is 12.1 Å². The van der Waals surface area contributed by atoms with Crippen LogP contribution in [0.3, 0.4) is 0 Å². The summed E-state index contributed by atoms with van der Waals surface area (Å²) in [5.74, 6) is 0.0788. The molecule has 0 saturated heterocycles. The van der Waals surface area contributed by atoms with Gasteiger partial charge in [-0.2, -0.15) is 0 Å². The fourth-order valence-electron chi connectivity index (χ4n) is 2.67. The molecule has 0 aliphatic heterocycles. The summed E-state index contributed by atoms with van der Waals surface area (Å²) in [5.41, 5.74) is 1.98. The summed E-state index contributed by atoms with van der Waals surface area (Å²) >= 11 is 0. The Morgan fingerprint density at radius 3 is 2.37 bits per heavy atom. The van der Waals surface area contributed by atoms with E-state index >= 15 is 0 Å². The second kappa shape index (κ2) is 9.41. The Morgan fingerprint density at radius 2 is 1.78 bits per heavy atom. The molecular formula is C20H26N2O4S. The van der Waals surface area contributed by atoms with Gasteiger partial charge in [0, 0.05) is 12.6 Å². The van der Waals surface area contributed by atoms with Gasteiger partial charge in [0.2, 0.25) is 5.91 Å². The molecule has 2 aromatic rings. The van der Waals surface area contributed by atoms with Crippen molar-refractivity contribution in [3.05, 3.63) is 48.0 Å². The summed E-state index contributed by atoms with van der Waals surface area (Å²) < 4.78 is 33.1. The Hall–Kier alpha value is -2.54. The van der Waals surface area contributed by atoms with Crippen LogP contribution in [0, 0.1) is 0 Å². The van der Waals surface area contributed by atoms with E-state index in [-0.39, 0.29) is 10.8 Å². The molecule has 0 aliphatic carbocycles. The quantitative estimate of drug-likeness (QED) is 0.629. The number of unbranched alkanes of at least 4 members (excludes halogenated alkanes) is 2. The zero-order valence-electron chi connectivity index (χ0n) is 15.9. The normalized spacial score (nSPS) is 11.1. The van der Waals surface area contributed by atoms with Gasteiger partial charge in [-0.3, -0.25) is 9.52 Å². The molecule has 0 atom stereocenters. The molecule has 0 spiro atoms. The summed E-state index contributed by atoms with van der Waals surface area (Å²) in [7, 11) is -2.33. The maximum absolute atomic E-state index is 12.7. The number of carbonyl (C=O) groups excluding carboxylic acids is 1. The van der Waals surface area contributed by atoms with E-state index in [2.05, 4.69) is 17.0 Å². The number of sulfonamides is 1. The van der Waals surface area contributed by atoms with Crippen molar-refractivity contribution in [1.82, 2.24) is 0 Å². The molecule has 0 radical (unpaired) electrons. The number of aryl methyl sites for hydroxylation is 1. The van der Waals surface area contributed by atoms with Crippen LogP contribution in [0.2, 0.25) is 0 Å². The summed E-state index contributed by atoms with van der Waals surface area (Å²) in [6.45, 7) is 3.51. The molecule has 0 heterocycles. The van der Waals surface area contributed by atoms with Crippen molar-refractivity contribution in [1.29, 1.82) is 0 Å². The van der Waals surface area contributed by atoms with Crippen LogP contribution < -0.4 is 14.8 Å². The SMILES string of the molecule is CCCCCc1ccc(NS(=O)(=O)c2ccc(OC)c(NC(C)=O)c2)cc1. The number of hydrogen-bond acceptors (Lipinski definition) is 4. The fourth-order valence-corrected chi connectivity index (χ4v) is 3.76. The molecule has 0 saturated carbocycles. The lowest BCUT2D eigenvalue weighted by molar-refractivity contribution is -0.114. The second-order valence-corrected chi connectivity index (χ2v) is 7.99. The first-order valence-electron chi connectivity index (χ1n) is 8.93. The highest BCUT2D eigenvalue weighted by atomic mass is 32.2. The van der Waals surface area contributed by atoms with Crippen LogP contribution in [-0.4, -0.2) is 21.4 Å². The van der Waals surface area contributed by atoms with E-state index in [1.54, 1.807) is 12.1 Å². The molecule has 0 bridgehead atoms. The van der Waals surface area contributed by atoms with Gasteiger partial charge in [0.05, 0.1) is 17.7 Å². The van der Waals surface area contributed by atoms with Gasteiger partial charge in [0.25, 0.3) is 10.0 Å². The molecule has 0 aliphatic rings. The van der Waals surface area contributed by atoms with Gasteiger partial charge in [-0.25, -0.2) is 8.42 Å². The predicted octanol–water partition coefficient (Wildman–Crippen LogP) is 4.19. The van der Waals surface area contributed by atoms with Gasteiger partial charge in [0.15, 0.2) is 0 Å². The highest BCUT2D eigenvalue weighted by Gasteiger charge is 2.17. The summed E-state index contributed by atoms with van der Waals surface area (Å²) in [6.07, 6.45) is 4.46. The van der Waals surface area contributed by atoms with E-state index in [1.165, 1.54) is 50.6 Å². The first-order valence-corrected chi connectivity index (χ1v) is 10.4. The number of rotatable bonds is 9. The van der Waals surface area contributed by atoms with Crippen molar-refractivity contribution in [2.24, 2.45) is 0 Å². The first kappa shape index (κ1) is 20.8. The van der Waals surface area contributed by atoms with Crippen molar-refractivity contribution in [3.8, 4) is 5.75 Å². The van der Waals surface area contributed by atoms with Crippen molar-refractivity contribution in [2.75, 3.05) is 17.1 Å². The van der Waals surface area contributed by atoms with Crippen LogP contribution in [0.5, 0.6) is 5.75 Å². The molecule has 2 N–H and O–H groups in total. The molecule has 0 unspecified atom stereocenters. The Kier molecular flexibility index (Phi) is 7.24. The highest BCUT2D eigenvalue weighted by Crippen LogP contribution is 2.28. The largest absolute Gasteiger partial charge is 0.495 e. The average molecular weight is 391 g/mol. The lowest BCUT2D eigenvalue weighted by Crippen LogP contribution is -2.14. The summed E-state index contributed by atoms with van der Waals surface area (Å²) in [6, 6.07) is 11.7. The van der Waals surface area contributed by atoms with E-state index in [4.69, 9.17) is 4.74 Å². The lowest BCUT2D eigenvalue weighted by Gasteiger charge is -2.13. The Balaban J connectivity index is 2.17. The predicted molar refractivity (Wildman–Crippen MR) is 108 cm³/mol. The maximum atomic E-state index is 12.7. The van der Waals surface area contributed by atoms with Crippen LogP contribution in [0.1, 0.15) is 38.7 Å². The molecule has 0 aromatic heterocycles. The van der Waals surface area contributed by atoms with Gasteiger partial charge < -0.3 is 10.1 Å². The van der Waals surface area contributed by atoms with E-state index < -0.39 is 10.0 Å². The van der Waals surface area contributed by atoms with Crippen LogP contribution in [-0.2, 0) is 21.2 Å². The average Bonchev–Trinajstić information content (AvgIpc) is 2.62. The Bertz CT molecular complexity index is 877. The number of benzene rings is 2. The van der Waals surface area contributed by atoms with Crippen LogP contribution in [0.25, 0.3) is 0 Å². The molecular weight excluding hydrogens is 364 g/mol. The van der Waals surface area contributed by atoms with Crippen LogP contribution in [0.4, 0.5) is 11.4 Å². The van der Waals surface area contributed by atoms with Crippen LogP contribution >= 0.6 is 0 Å². The van der Waals surface area contributed by atoms with E-state index in [9.17, 15) is 13.2 Å². The zero-order valence-corrected chi connectivity index (χ0v) is 16.7. The van der Waals surface area contributed by atoms with E-state index in [0.717, 1.165) is 12.8 Å². The first-order chi connectivity index (χ1) is 12.9. The maximum Gasteiger partial charge on any atom is 0.261 e. The Labute approximate surface area is 161 Å². The molecule has 146 valence electrons. The standard InChI is InChI=1S/C20H26N2O4S/c1-4-5-6-7-16-8-10-17(11-9-16)22-27(24,25)18-12-13-20(26-3)19(14-18)21-15(2)23/h8-14,22H,4-7H2,1-3H3,(H,21,23). The van der Waals surface area contributed by atoms with Gasteiger partial charge in [-0.1, -0.05) is 31.9 Å². The number of ether oxygens (including phenoxy) is 1. The van der Waals surface area contributed by atoms with E-state index in [0.29, 0.717) is 17.1 Å². The fraction of sp³-hybridized carbons (Fsp3) is 0.350. The third-order valence-electron chi connectivity index (χ3n) is 4.07. The smallest absolute Gasteiger partial charge is 0.261 e.